The van der Waals surface area contributed by atoms with Crippen molar-refractivity contribution in [1.82, 2.24) is 0 Å². The Labute approximate surface area is 123 Å². The van der Waals surface area contributed by atoms with Gasteiger partial charge >= 0.3 is 0 Å². The minimum absolute atomic E-state index is 0.127. The van der Waals surface area contributed by atoms with Crippen molar-refractivity contribution in [3.8, 4) is 0 Å². The number of aliphatic imine (C=N–C) groups is 1. The van der Waals surface area contributed by atoms with Crippen LogP contribution in [0, 0.1) is 5.41 Å². The Bertz CT molecular complexity index is 354. The van der Waals surface area contributed by atoms with Gasteiger partial charge in [0.25, 0.3) is 0 Å². The molecule has 0 amide bonds. The highest BCUT2D eigenvalue weighted by Gasteiger charge is 2.29. The molecule has 2 aliphatic carbocycles. The summed E-state index contributed by atoms with van der Waals surface area (Å²) >= 11 is 0. The van der Waals surface area contributed by atoms with E-state index < -0.39 is 0 Å². The minimum atomic E-state index is 0.127. The van der Waals surface area contributed by atoms with Crippen LogP contribution in [0.15, 0.2) is 4.99 Å². The van der Waals surface area contributed by atoms with E-state index in [4.69, 9.17) is 0 Å². The molecule has 0 spiro atoms. The van der Waals surface area contributed by atoms with Crippen LogP contribution in [0.3, 0.4) is 0 Å². The van der Waals surface area contributed by atoms with Gasteiger partial charge in [-0.2, -0.15) is 0 Å². The molecule has 3 heteroatoms. The molecule has 0 saturated heterocycles. The van der Waals surface area contributed by atoms with Crippen molar-refractivity contribution in [2.75, 3.05) is 13.1 Å². The lowest BCUT2D eigenvalue weighted by atomic mass is 9.76. The fraction of sp³-hybridized carbons (Fsp3) is 0.882. The number of quaternary nitrogens is 1. The lowest BCUT2D eigenvalue weighted by molar-refractivity contribution is -0.691. The summed E-state index contributed by atoms with van der Waals surface area (Å²) in [4.78, 5) is 16.4. The molecule has 0 aliphatic heterocycles. The second kappa shape index (κ2) is 7.35. The summed E-state index contributed by atoms with van der Waals surface area (Å²) in [6, 6.07) is 0.867. The molecule has 20 heavy (non-hydrogen) atoms. The first-order chi connectivity index (χ1) is 9.55. The van der Waals surface area contributed by atoms with Crippen molar-refractivity contribution in [3.63, 3.8) is 0 Å². The summed E-state index contributed by atoms with van der Waals surface area (Å²) in [5.74, 6) is 0.369. The first-order valence-corrected chi connectivity index (χ1v) is 8.42. The third-order valence-corrected chi connectivity index (χ3v) is 4.61. The van der Waals surface area contributed by atoms with Gasteiger partial charge in [0.05, 0.1) is 12.6 Å². The van der Waals surface area contributed by atoms with Gasteiger partial charge in [-0.1, -0.05) is 20.3 Å². The number of hydrogen-bond donors (Lipinski definition) is 1. The number of nitrogens with two attached hydrogens (primary N) is 1. The van der Waals surface area contributed by atoms with Crippen LogP contribution < -0.4 is 5.32 Å². The fourth-order valence-corrected chi connectivity index (χ4v) is 3.66. The van der Waals surface area contributed by atoms with Crippen molar-refractivity contribution in [2.24, 2.45) is 10.4 Å². The maximum absolute atomic E-state index is 11.7. The third-order valence-electron chi connectivity index (χ3n) is 4.61. The number of nitrogens with zero attached hydrogens (tertiary/aromatic N) is 1. The Hall–Kier alpha value is -0.700. The van der Waals surface area contributed by atoms with Gasteiger partial charge < -0.3 is 5.32 Å². The monoisotopic (exact) mass is 279 g/mol. The number of hydrogen-bond acceptors (Lipinski definition) is 2. The highest BCUT2D eigenvalue weighted by molar-refractivity contribution is 6.04. The molecule has 0 radical (unpaired) electrons. The quantitative estimate of drug-likeness (QED) is 0.772. The van der Waals surface area contributed by atoms with Gasteiger partial charge in [0, 0.05) is 31.5 Å². The van der Waals surface area contributed by atoms with Crippen LogP contribution in [0.2, 0.25) is 0 Å². The van der Waals surface area contributed by atoms with Crippen LogP contribution in [-0.4, -0.2) is 30.6 Å². The van der Waals surface area contributed by atoms with Gasteiger partial charge in [-0.3, -0.25) is 9.79 Å². The molecular weight excluding hydrogens is 248 g/mol. The van der Waals surface area contributed by atoms with Gasteiger partial charge in [0.2, 0.25) is 0 Å². The number of ketones is 1. The van der Waals surface area contributed by atoms with E-state index in [9.17, 15) is 4.79 Å². The smallest absolute Gasteiger partial charge is 0.139 e. The van der Waals surface area contributed by atoms with Gasteiger partial charge in [-0.05, 0) is 37.5 Å². The molecular formula is C17H31N2O+. The first-order valence-electron chi connectivity index (χ1n) is 8.42. The van der Waals surface area contributed by atoms with E-state index in [1.54, 1.807) is 0 Å². The summed E-state index contributed by atoms with van der Waals surface area (Å²) in [6.07, 6.45) is 10.6. The Morgan fingerprint density at radius 3 is 2.65 bits per heavy atom. The zero-order valence-corrected chi connectivity index (χ0v) is 13.3. The van der Waals surface area contributed by atoms with E-state index in [0.717, 1.165) is 37.6 Å². The maximum Gasteiger partial charge on any atom is 0.139 e. The lowest BCUT2D eigenvalue weighted by Crippen LogP contribution is -2.90. The normalized spacial score (nSPS) is 26.1. The van der Waals surface area contributed by atoms with E-state index in [-0.39, 0.29) is 5.41 Å². The second-order valence-corrected chi connectivity index (χ2v) is 7.46. The third kappa shape index (κ3) is 5.35. The summed E-state index contributed by atoms with van der Waals surface area (Å²) in [7, 11) is 0. The fourth-order valence-electron chi connectivity index (χ4n) is 3.66. The molecule has 2 saturated carbocycles. The van der Waals surface area contributed by atoms with E-state index in [1.807, 2.05) is 0 Å². The molecule has 0 unspecified atom stereocenters. The molecule has 0 bridgehead atoms. The SMILES string of the molecule is CC1(C)CC(=O)CC(=NCCC[NH2+]C2CCCCC2)C1. The van der Waals surface area contributed by atoms with Crippen molar-refractivity contribution in [1.29, 1.82) is 0 Å². The summed E-state index contributed by atoms with van der Waals surface area (Å²) in [6.45, 7) is 6.45. The molecule has 114 valence electrons. The standard InChI is InChI=1S/C17H30N2O/c1-17(2)12-15(11-16(20)13-17)19-10-6-9-18-14-7-4-3-5-8-14/h14,18H,3-13H2,1-2H3/p+1. The Morgan fingerprint density at radius 2 is 1.95 bits per heavy atom. The van der Waals surface area contributed by atoms with Crippen molar-refractivity contribution in [3.05, 3.63) is 0 Å². The molecule has 0 aromatic carbocycles. The van der Waals surface area contributed by atoms with E-state index in [2.05, 4.69) is 24.2 Å². The van der Waals surface area contributed by atoms with E-state index >= 15 is 0 Å². The Balaban J connectivity index is 1.64. The Morgan fingerprint density at radius 1 is 1.20 bits per heavy atom. The zero-order valence-electron chi connectivity index (χ0n) is 13.3. The highest BCUT2D eigenvalue weighted by Crippen LogP contribution is 2.31. The molecule has 2 aliphatic rings. The van der Waals surface area contributed by atoms with E-state index in [0.29, 0.717) is 12.2 Å². The second-order valence-electron chi connectivity index (χ2n) is 7.46. The average Bonchev–Trinajstić information content (AvgIpc) is 2.37. The molecule has 2 N–H and O–H groups in total. The predicted octanol–water partition coefficient (Wildman–Crippen LogP) is 2.49. The van der Waals surface area contributed by atoms with Gasteiger partial charge in [-0.25, -0.2) is 0 Å². The topological polar surface area (TPSA) is 46.0 Å². The average molecular weight is 279 g/mol. The number of carbonyl (C=O) groups is 1. The van der Waals surface area contributed by atoms with Gasteiger partial charge in [0.1, 0.15) is 5.78 Å². The molecule has 0 aromatic rings. The lowest BCUT2D eigenvalue weighted by Gasteiger charge is -2.29. The predicted molar refractivity (Wildman–Crippen MR) is 83.2 cm³/mol. The van der Waals surface area contributed by atoms with Crippen LogP contribution in [0.4, 0.5) is 0 Å². The summed E-state index contributed by atoms with van der Waals surface area (Å²) in [5.41, 5.74) is 1.27. The van der Waals surface area contributed by atoms with Gasteiger partial charge in [-0.15, -0.1) is 0 Å². The largest absolute Gasteiger partial charge is 0.344 e. The van der Waals surface area contributed by atoms with E-state index in [1.165, 1.54) is 38.6 Å². The summed E-state index contributed by atoms with van der Waals surface area (Å²) < 4.78 is 0. The van der Waals surface area contributed by atoms with Gasteiger partial charge in [0.15, 0.2) is 0 Å². The zero-order chi connectivity index (χ0) is 14.4. The molecule has 0 heterocycles. The van der Waals surface area contributed by atoms with Crippen LogP contribution in [-0.2, 0) is 4.79 Å². The summed E-state index contributed by atoms with van der Waals surface area (Å²) in [5, 5.41) is 2.52. The first kappa shape index (κ1) is 15.7. The van der Waals surface area contributed by atoms with Crippen LogP contribution >= 0.6 is 0 Å². The highest BCUT2D eigenvalue weighted by atomic mass is 16.1. The molecule has 2 fully saturated rings. The van der Waals surface area contributed by atoms with Crippen molar-refractivity contribution < 1.29 is 10.1 Å². The van der Waals surface area contributed by atoms with Crippen molar-refractivity contribution >= 4 is 11.5 Å². The molecule has 0 aromatic heterocycles. The number of rotatable bonds is 5. The minimum Gasteiger partial charge on any atom is -0.344 e. The molecule has 3 nitrogen and oxygen atoms in total. The molecule has 2 rings (SSSR count). The maximum atomic E-state index is 11.7. The Kier molecular flexibility index (Phi) is 5.76. The number of carbonyl (C=O) groups excluding carboxylic acids is 1. The van der Waals surface area contributed by atoms with Crippen LogP contribution in [0.1, 0.15) is 71.6 Å². The van der Waals surface area contributed by atoms with Crippen LogP contribution in [0.5, 0.6) is 0 Å². The molecule has 0 atom stereocenters. The number of Topliss-reactive ketones (excluding diaryl/α,β-unsaturated/α-hetero) is 1. The van der Waals surface area contributed by atoms with Crippen LogP contribution in [0.25, 0.3) is 0 Å². The van der Waals surface area contributed by atoms with Crippen molar-refractivity contribution in [2.45, 2.75) is 77.7 Å².